The number of hydrazine groups is 1. The number of anilines is 1. The molecular formula is CH3HgN6+. The molecule has 8 heavy (non-hydrogen) atoms. The number of nitrogens with one attached hydrogen (secondary N) is 1. The molecule has 3 N–H and O–H groups in total. The molecule has 1 heterocycles. The van der Waals surface area contributed by atoms with Gasteiger partial charge in [-0.25, -0.2) is 0 Å². The van der Waals surface area contributed by atoms with E-state index in [2.05, 4.69) is 21.0 Å². The molecule has 0 aliphatic carbocycles. The average Bonchev–Trinajstić information content (AvgIpc) is 2.14. The van der Waals surface area contributed by atoms with Crippen molar-refractivity contribution in [2.75, 3.05) is 5.43 Å². The van der Waals surface area contributed by atoms with Gasteiger partial charge in [0, 0.05) is 0 Å². The maximum absolute atomic E-state index is 5.01. The Kier molecular flexibility index (Phi) is 1.74. The third-order valence-corrected chi connectivity index (χ3v) is 2.32. The van der Waals surface area contributed by atoms with E-state index in [9.17, 15) is 0 Å². The first-order chi connectivity index (χ1) is 3.84. The molecule has 1 rings (SSSR count). The second kappa shape index (κ2) is 2.36. The molecule has 0 fully saturated rings. The zero-order chi connectivity index (χ0) is 5.98. The average molecular weight is 300 g/mol. The van der Waals surface area contributed by atoms with Crippen molar-refractivity contribution in [3.63, 3.8) is 0 Å². The van der Waals surface area contributed by atoms with Crippen molar-refractivity contribution in [2.24, 2.45) is 5.84 Å². The van der Waals surface area contributed by atoms with Crippen molar-refractivity contribution in [3.05, 3.63) is 0 Å². The summed E-state index contributed by atoms with van der Waals surface area (Å²) in [7, 11) is 0. The zero-order valence-electron chi connectivity index (χ0n) is 4.07. The van der Waals surface area contributed by atoms with Gasteiger partial charge in [0.2, 0.25) is 0 Å². The van der Waals surface area contributed by atoms with Crippen LogP contribution in [0.1, 0.15) is 0 Å². The van der Waals surface area contributed by atoms with Crippen molar-refractivity contribution in [1.29, 1.82) is 0 Å². The molecule has 0 saturated carbocycles. The van der Waals surface area contributed by atoms with E-state index in [-0.39, 0.29) is 0 Å². The number of nitrogen functional groups attached to an aromatic ring is 1. The van der Waals surface area contributed by atoms with Gasteiger partial charge in [-0.2, -0.15) is 0 Å². The van der Waals surface area contributed by atoms with Crippen molar-refractivity contribution >= 4 is 5.95 Å². The molecule has 1 aromatic rings. The molecule has 1 aromatic heterocycles. The summed E-state index contributed by atoms with van der Waals surface area (Å²) in [5.74, 6) is 5.55. The maximum atomic E-state index is 5.01. The van der Waals surface area contributed by atoms with E-state index in [1.165, 1.54) is 0 Å². The van der Waals surface area contributed by atoms with Crippen LogP contribution in [0.5, 0.6) is 0 Å². The summed E-state index contributed by atoms with van der Waals surface area (Å²) in [5.41, 5.74) is 2.35. The van der Waals surface area contributed by atoms with E-state index in [1.807, 2.05) is 0 Å². The predicted molar refractivity (Wildman–Crippen MR) is 21.0 cm³/mol. The second-order valence-corrected chi connectivity index (χ2v) is 3.48. The number of hydrogen-bond acceptors (Lipinski definition) is 5. The van der Waals surface area contributed by atoms with Crippen LogP contribution in [0.4, 0.5) is 5.95 Å². The van der Waals surface area contributed by atoms with Crippen LogP contribution in [0.25, 0.3) is 0 Å². The molecule has 0 spiro atoms. The molecule has 0 atom stereocenters. The third-order valence-electron chi connectivity index (χ3n) is 0.661. The predicted octanol–water partition coefficient (Wildman–Crippen LogP) is -1.73. The van der Waals surface area contributed by atoms with Crippen LogP contribution in [0.3, 0.4) is 0 Å². The fraction of sp³-hybridized carbons (Fsp3) is 0. The molecule has 0 radical (unpaired) electrons. The van der Waals surface area contributed by atoms with Crippen LogP contribution in [-0.2, 0) is 26.4 Å². The van der Waals surface area contributed by atoms with Crippen molar-refractivity contribution in [3.8, 4) is 0 Å². The van der Waals surface area contributed by atoms with Crippen molar-refractivity contribution < 1.29 is 26.4 Å². The van der Waals surface area contributed by atoms with Crippen LogP contribution in [0, 0.1) is 0 Å². The Morgan fingerprint density at radius 1 is 1.75 bits per heavy atom. The first-order valence-electron chi connectivity index (χ1n) is 1.90. The molecule has 0 aliphatic heterocycles. The van der Waals surface area contributed by atoms with Crippen LogP contribution in [0.2, 0.25) is 0 Å². The van der Waals surface area contributed by atoms with E-state index < -0.39 is 0 Å². The van der Waals surface area contributed by atoms with Gasteiger partial charge in [-0.05, 0) is 0 Å². The molecule has 0 aromatic carbocycles. The number of aromatic nitrogens is 4. The molecule has 0 amide bonds. The number of nitrogens with zero attached hydrogens (tertiary/aromatic N) is 4. The summed E-state index contributed by atoms with van der Waals surface area (Å²) in [4.78, 5) is 0. The fourth-order valence-electron chi connectivity index (χ4n) is 0.308. The summed E-state index contributed by atoms with van der Waals surface area (Å²) in [5, 5.41) is 10.5. The Labute approximate surface area is 61.8 Å². The van der Waals surface area contributed by atoms with Gasteiger partial charge in [0.1, 0.15) is 0 Å². The molecular weight excluding hydrogens is 297 g/mol. The van der Waals surface area contributed by atoms with Crippen LogP contribution < -0.4 is 11.3 Å². The van der Waals surface area contributed by atoms with Gasteiger partial charge in [0.15, 0.2) is 0 Å². The first-order valence-corrected chi connectivity index (χ1v) is 4.36. The Morgan fingerprint density at radius 2 is 2.50 bits per heavy atom. The topological polar surface area (TPSA) is 81.7 Å². The van der Waals surface area contributed by atoms with Gasteiger partial charge in [-0.3, -0.25) is 0 Å². The molecule has 0 unspecified atom stereocenters. The zero-order valence-corrected chi connectivity index (χ0v) is 9.57. The summed E-state index contributed by atoms with van der Waals surface area (Å²) >= 11 is 0.368. The Bertz CT molecular complexity index is 169. The number of hydrogen-bond donors (Lipinski definition) is 2. The molecule has 7 heteroatoms. The SMILES string of the molecule is NNc1nnn[n]1[Hg+]. The van der Waals surface area contributed by atoms with Crippen LogP contribution >= 0.6 is 0 Å². The Morgan fingerprint density at radius 3 is 2.75 bits per heavy atom. The van der Waals surface area contributed by atoms with E-state index in [4.69, 9.17) is 5.84 Å². The molecule has 6 nitrogen and oxygen atoms in total. The van der Waals surface area contributed by atoms with E-state index in [0.717, 1.165) is 0 Å². The summed E-state index contributed by atoms with van der Waals surface area (Å²) in [6.07, 6.45) is 0. The monoisotopic (exact) mass is 301 g/mol. The normalized spacial score (nSPS) is 9.38. The van der Waals surface area contributed by atoms with E-state index in [1.54, 1.807) is 2.45 Å². The Balaban J connectivity index is 2.92. The van der Waals surface area contributed by atoms with Crippen molar-refractivity contribution in [1.82, 2.24) is 18.0 Å². The Hall–Kier alpha value is -0.235. The first kappa shape index (κ1) is 5.89. The molecule has 38 valence electrons. The van der Waals surface area contributed by atoms with E-state index >= 15 is 0 Å². The third kappa shape index (κ3) is 0.946. The minimum absolute atomic E-state index is 0.368. The van der Waals surface area contributed by atoms with Gasteiger partial charge in [0.25, 0.3) is 0 Å². The van der Waals surface area contributed by atoms with Crippen molar-refractivity contribution in [2.45, 2.75) is 0 Å². The van der Waals surface area contributed by atoms with Crippen LogP contribution in [-0.4, -0.2) is 18.0 Å². The number of nitrogens with two attached hydrogens (primary N) is 1. The van der Waals surface area contributed by atoms with E-state index in [0.29, 0.717) is 32.4 Å². The fourth-order valence-corrected chi connectivity index (χ4v) is 1.13. The summed E-state index contributed by atoms with van der Waals surface area (Å²) in [6.45, 7) is 0. The summed E-state index contributed by atoms with van der Waals surface area (Å²) in [6, 6.07) is 0. The second-order valence-electron chi connectivity index (χ2n) is 1.15. The number of tetrazole rings is 1. The standard InChI is InChI=1S/CH3N6.Hg/c2-3-1-4-6-7-5-1;/h2H2,(H-,3,4,5,6,7);/q-1;+2. The minimum atomic E-state index is 0.368. The number of rotatable bonds is 1. The van der Waals surface area contributed by atoms with Crippen LogP contribution in [0.15, 0.2) is 0 Å². The molecule has 0 saturated heterocycles. The quantitative estimate of drug-likeness (QED) is 0.366. The van der Waals surface area contributed by atoms with Gasteiger partial charge in [-0.15, -0.1) is 0 Å². The molecule has 0 bridgehead atoms. The molecule has 0 aliphatic rings. The van der Waals surface area contributed by atoms with Gasteiger partial charge in [0.05, 0.1) is 0 Å². The van der Waals surface area contributed by atoms with Gasteiger partial charge >= 0.3 is 61.6 Å². The van der Waals surface area contributed by atoms with Gasteiger partial charge < -0.3 is 0 Å². The summed E-state index contributed by atoms with van der Waals surface area (Å²) < 4.78 is 1.62. The van der Waals surface area contributed by atoms with Gasteiger partial charge in [-0.1, -0.05) is 0 Å².